The van der Waals surface area contributed by atoms with Gasteiger partial charge in [-0.05, 0) is 38.0 Å². The molecule has 1 unspecified atom stereocenters. The number of nitrogens with zero attached hydrogens (tertiary/aromatic N) is 2. The van der Waals surface area contributed by atoms with Crippen LogP contribution in [0.3, 0.4) is 0 Å². The molecule has 2 rings (SSSR count). The summed E-state index contributed by atoms with van der Waals surface area (Å²) in [5.41, 5.74) is 1.19. The zero-order valence-corrected chi connectivity index (χ0v) is 17.3. The van der Waals surface area contributed by atoms with Crippen molar-refractivity contribution in [3.63, 3.8) is 0 Å². The van der Waals surface area contributed by atoms with E-state index in [1.54, 1.807) is 23.8 Å². The maximum absolute atomic E-state index is 13.5. The van der Waals surface area contributed by atoms with E-state index in [4.69, 9.17) is 0 Å². The predicted octanol–water partition coefficient (Wildman–Crippen LogP) is 3.92. The molecule has 0 saturated carbocycles. The molecule has 0 aliphatic carbocycles. The van der Waals surface area contributed by atoms with E-state index < -0.39 is 32.9 Å². The number of aromatic nitrogens is 1. The number of nitrogens with one attached hydrogen (secondary N) is 1. The number of hydrogen-bond donors (Lipinski definition) is 1. The van der Waals surface area contributed by atoms with E-state index in [-0.39, 0.29) is 15.6 Å². The molecule has 1 atom stereocenters. The molecule has 0 spiro atoms. The topological polar surface area (TPSA) is 102 Å². The minimum absolute atomic E-state index is 0.103. The van der Waals surface area contributed by atoms with Crippen molar-refractivity contribution in [3.05, 3.63) is 57.3 Å². The summed E-state index contributed by atoms with van der Waals surface area (Å²) in [6.45, 7) is 4.80. The molecule has 29 heavy (non-hydrogen) atoms. The Bertz CT molecular complexity index is 987. The lowest BCUT2D eigenvalue weighted by Crippen LogP contribution is -2.47. The molecule has 1 heterocycles. The minimum Gasteiger partial charge on any atom is -0.258 e. The molecule has 0 aliphatic heterocycles. The number of aryl methyl sites for hydroxylation is 3. The highest BCUT2D eigenvalue weighted by molar-refractivity contribution is 7.99. The average molecular weight is 449 g/mol. The van der Waals surface area contributed by atoms with Crippen molar-refractivity contribution in [2.24, 2.45) is 0 Å². The van der Waals surface area contributed by atoms with Crippen molar-refractivity contribution in [1.82, 2.24) is 9.71 Å². The van der Waals surface area contributed by atoms with E-state index in [1.165, 1.54) is 19.9 Å². The maximum atomic E-state index is 13.5. The number of sulfonamides is 1. The van der Waals surface area contributed by atoms with Crippen LogP contribution in [0.4, 0.5) is 18.9 Å². The van der Waals surface area contributed by atoms with Gasteiger partial charge >= 0.3 is 6.18 Å². The zero-order valence-electron chi connectivity index (χ0n) is 15.6. The third-order valence-electron chi connectivity index (χ3n) is 3.90. The van der Waals surface area contributed by atoms with Gasteiger partial charge < -0.3 is 0 Å². The number of pyridine rings is 1. The number of benzene rings is 1. The standard InChI is InChI=1S/C17H18F3N3O4S2/c1-10-6-11(2)16(12(3)7-10)29(26,27)22-14(17(18,19)20)9-28-15-5-4-13(8-21-15)23(24)25/h4-8,14,22H,9H2,1-3H3. The summed E-state index contributed by atoms with van der Waals surface area (Å²) in [6, 6.07) is 3.12. The van der Waals surface area contributed by atoms with Crippen molar-refractivity contribution in [2.75, 3.05) is 5.75 Å². The second kappa shape index (κ2) is 8.67. The number of rotatable bonds is 7. The van der Waals surface area contributed by atoms with E-state index in [0.717, 1.165) is 17.8 Å². The third kappa shape index (κ3) is 5.90. The van der Waals surface area contributed by atoms with Crippen LogP contribution in [0.1, 0.15) is 16.7 Å². The lowest BCUT2D eigenvalue weighted by atomic mass is 10.1. The Hall–Kier alpha value is -2.18. The molecule has 2 aromatic rings. The highest BCUT2D eigenvalue weighted by atomic mass is 32.2. The normalized spacial score (nSPS) is 13.3. The molecule has 0 bridgehead atoms. The maximum Gasteiger partial charge on any atom is 0.405 e. The Morgan fingerprint density at radius 3 is 2.24 bits per heavy atom. The Labute approximate surface area is 169 Å². The highest BCUT2D eigenvalue weighted by Crippen LogP contribution is 2.29. The fraction of sp³-hybridized carbons (Fsp3) is 0.353. The van der Waals surface area contributed by atoms with Gasteiger partial charge in [0.15, 0.2) is 0 Å². The van der Waals surface area contributed by atoms with Crippen LogP contribution in [0.5, 0.6) is 0 Å². The van der Waals surface area contributed by atoms with Gasteiger partial charge in [-0.25, -0.2) is 13.4 Å². The van der Waals surface area contributed by atoms with Gasteiger partial charge in [-0.1, -0.05) is 17.7 Å². The van der Waals surface area contributed by atoms with Gasteiger partial charge in [0.2, 0.25) is 10.0 Å². The quantitative estimate of drug-likeness (QED) is 0.391. The van der Waals surface area contributed by atoms with E-state index in [9.17, 15) is 31.7 Å². The van der Waals surface area contributed by atoms with Gasteiger partial charge in [0.1, 0.15) is 12.2 Å². The summed E-state index contributed by atoms with van der Waals surface area (Å²) in [5, 5.41) is 10.7. The molecule has 1 aromatic heterocycles. The molecule has 0 amide bonds. The molecule has 1 N–H and O–H groups in total. The zero-order chi connectivity index (χ0) is 22.0. The van der Waals surface area contributed by atoms with Gasteiger partial charge in [0.05, 0.1) is 14.8 Å². The molecule has 158 valence electrons. The number of hydrogen-bond acceptors (Lipinski definition) is 6. The average Bonchev–Trinajstić information content (AvgIpc) is 2.56. The Morgan fingerprint density at radius 1 is 1.21 bits per heavy atom. The van der Waals surface area contributed by atoms with Crippen LogP contribution in [-0.2, 0) is 10.0 Å². The highest BCUT2D eigenvalue weighted by Gasteiger charge is 2.42. The summed E-state index contributed by atoms with van der Waals surface area (Å²) in [7, 11) is -4.44. The van der Waals surface area contributed by atoms with E-state index >= 15 is 0 Å². The molecular weight excluding hydrogens is 431 g/mol. The second-order valence-electron chi connectivity index (χ2n) is 6.37. The lowest BCUT2D eigenvalue weighted by Gasteiger charge is -2.22. The SMILES string of the molecule is Cc1cc(C)c(S(=O)(=O)NC(CSc2ccc([N+](=O)[O-])cn2)C(F)(F)F)c(C)c1. The third-order valence-corrected chi connectivity index (χ3v) is 6.71. The molecule has 7 nitrogen and oxygen atoms in total. The van der Waals surface area contributed by atoms with Crippen LogP contribution in [0.2, 0.25) is 0 Å². The second-order valence-corrected chi connectivity index (χ2v) is 9.06. The van der Waals surface area contributed by atoms with E-state index in [1.807, 2.05) is 0 Å². The van der Waals surface area contributed by atoms with Crippen LogP contribution < -0.4 is 4.72 Å². The van der Waals surface area contributed by atoms with Crippen LogP contribution in [0, 0.1) is 30.9 Å². The van der Waals surface area contributed by atoms with Crippen molar-refractivity contribution in [1.29, 1.82) is 0 Å². The van der Waals surface area contributed by atoms with Crippen molar-refractivity contribution >= 4 is 27.5 Å². The molecule has 0 aliphatic rings. The first-order valence-corrected chi connectivity index (χ1v) is 10.7. The van der Waals surface area contributed by atoms with Gasteiger partial charge in [0, 0.05) is 11.8 Å². The fourth-order valence-electron chi connectivity index (χ4n) is 2.77. The largest absolute Gasteiger partial charge is 0.405 e. The Balaban J connectivity index is 2.24. The Morgan fingerprint density at radius 2 is 1.79 bits per heavy atom. The van der Waals surface area contributed by atoms with Crippen LogP contribution >= 0.6 is 11.8 Å². The van der Waals surface area contributed by atoms with Gasteiger partial charge in [-0.2, -0.15) is 17.9 Å². The van der Waals surface area contributed by atoms with Crippen LogP contribution in [0.25, 0.3) is 0 Å². The molecule has 12 heteroatoms. The smallest absolute Gasteiger partial charge is 0.258 e. The summed E-state index contributed by atoms with van der Waals surface area (Å²) >= 11 is 0.642. The molecule has 1 aromatic carbocycles. The first-order valence-electron chi connectivity index (χ1n) is 8.21. The molecule has 0 radical (unpaired) electrons. The lowest BCUT2D eigenvalue weighted by molar-refractivity contribution is -0.385. The summed E-state index contributed by atoms with van der Waals surface area (Å²) < 4.78 is 67.4. The summed E-state index contributed by atoms with van der Waals surface area (Å²) in [4.78, 5) is 13.5. The van der Waals surface area contributed by atoms with Gasteiger partial charge in [-0.3, -0.25) is 10.1 Å². The van der Waals surface area contributed by atoms with Crippen molar-refractivity contribution in [2.45, 2.75) is 42.9 Å². The number of halogens is 3. The number of alkyl halides is 3. The van der Waals surface area contributed by atoms with Gasteiger partial charge in [0.25, 0.3) is 5.69 Å². The van der Waals surface area contributed by atoms with Crippen LogP contribution in [0.15, 0.2) is 40.4 Å². The van der Waals surface area contributed by atoms with E-state index in [2.05, 4.69) is 4.98 Å². The summed E-state index contributed by atoms with van der Waals surface area (Å²) in [6.07, 6.45) is -3.92. The minimum atomic E-state index is -4.84. The van der Waals surface area contributed by atoms with Crippen molar-refractivity contribution < 1.29 is 26.5 Å². The van der Waals surface area contributed by atoms with Crippen LogP contribution in [-0.4, -0.2) is 36.3 Å². The first-order chi connectivity index (χ1) is 13.3. The van der Waals surface area contributed by atoms with E-state index in [0.29, 0.717) is 22.9 Å². The van der Waals surface area contributed by atoms with Crippen molar-refractivity contribution in [3.8, 4) is 0 Å². The number of nitro groups is 1. The Kier molecular flexibility index (Phi) is 6.91. The molecule has 0 fully saturated rings. The van der Waals surface area contributed by atoms with Gasteiger partial charge in [-0.15, -0.1) is 11.8 Å². The predicted molar refractivity (Wildman–Crippen MR) is 102 cm³/mol. The summed E-state index contributed by atoms with van der Waals surface area (Å²) in [5.74, 6) is -0.683. The monoisotopic (exact) mass is 449 g/mol. The number of thioether (sulfide) groups is 1. The first kappa shape index (κ1) is 23.1. The fourth-order valence-corrected chi connectivity index (χ4v) is 5.45. The molecule has 0 saturated heterocycles. The molecular formula is C17H18F3N3O4S2.